The number of hydrogen-bond acceptors (Lipinski definition) is 3. The second kappa shape index (κ2) is 4.72. The van der Waals surface area contributed by atoms with Crippen LogP contribution in [0.5, 0.6) is 0 Å². The molecule has 0 aliphatic carbocycles. The molecule has 2 N–H and O–H groups in total. The van der Waals surface area contributed by atoms with Crippen LogP contribution in [0.4, 0.5) is 5.95 Å². The lowest BCUT2D eigenvalue weighted by Gasteiger charge is -2.06. The van der Waals surface area contributed by atoms with Gasteiger partial charge in [-0.15, -0.1) is 0 Å². The number of aryl methyl sites for hydroxylation is 3. The van der Waals surface area contributed by atoms with Crippen molar-refractivity contribution in [2.24, 2.45) is 0 Å². The zero-order chi connectivity index (χ0) is 13.2. The summed E-state index contributed by atoms with van der Waals surface area (Å²) >= 11 is 0. The lowest BCUT2D eigenvalue weighted by Crippen LogP contribution is -2.06. The number of nitrogen functional groups attached to an aromatic ring is 1. The second-order valence-electron chi connectivity index (χ2n) is 4.65. The van der Waals surface area contributed by atoms with Gasteiger partial charge in [-0.05, 0) is 31.0 Å². The number of nitrogens with two attached hydrogens (primary N) is 1. The van der Waals surface area contributed by atoms with Gasteiger partial charge in [-0.1, -0.05) is 30.3 Å². The summed E-state index contributed by atoms with van der Waals surface area (Å²) < 4.78 is 1.98. The standard InChI is InChI=1S/C15H16N4/c1-11-7-8-13-14(17-11)19(15(16)18-13)10-9-12-5-3-2-4-6-12/h2-8H,9-10H2,1H3,(H2,16,18). The Labute approximate surface area is 111 Å². The van der Waals surface area contributed by atoms with Crippen LogP contribution >= 0.6 is 0 Å². The molecule has 19 heavy (non-hydrogen) atoms. The zero-order valence-electron chi connectivity index (χ0n) is 10.9. The molecule has 0 spiro atoms. The van der Waals surface area contributed by atoms with Gasteiger partial charge in [0.25, 0.3) is 0 Å². The van der Waals surface area contributed by atoms with Crippen molar-refractivity contribution in [3.05, 3.63) is 53.7 Å². The number of fused-ring (bicyclic) bond motifs is 1. The van der Waals surface area contributed by atoms with Gasteiger partial charge < -0.3 is 5.73 Å². The van der Waals surface area contributed by atoms with Crippen LogP contribution < -0.4 is 5.73 Å². The normalized spacial score (nSPS) is 11.0. The van der Waals surface area contributed by atoms with Gasteiger partial charge in [0.1, 0.15) is 5.52 Å². The quantitative estimate of drug-likeness (QED) is 0.779. The molecule has 1 aromatic carbocycles. The Morgan fingerprint density at radius 2 is 1.84 bits per heavy atom. The number of pyridine rings is 1. The number of hydrogen-bond donors (Lipinski definition) is 1. The average Bonchev–Trinajstić information content (AvgIpc) is 2.73. The third kappa shape index (κ3) is 2.29. The van der Waals surface area contributed by atoms with Crippen molar-refractivity contribution in [1.82, 2.24) is 14.5 Å². The van der Waals surface area contributed by atoms with Gasteiger partial charge in [0.2, 0.25) is 5.95 Å². The molecule has 0 amide bonds. The predicted molar refractivity (Wildman–Crippen MR) is 76.8 cm³/mol. The highest BCUT2D eigenvalue weighted by atomic mass is 15.2. The van der Waals surface area contributed by atoms with Crippen molar-refractivity contribution >= 4 is 17.1 Å². The molecule has 0 aliphatic heterocycles. The summed E-state index contributed by atoms with van der Waals surface area (Å²) in [5, 5.41) is 0. The smallest absolute Gasteiger partial charge is 0.202 e. The summed E-state index contributed by atoms with van der Waals surface area (Å²) in [5.41, 5.74) is 9.97. The molecule has 0 saturated heterocycles. The SMILES string of the molecule is Cc1ccc2nc(N)n(CCc3ccccc3)c2n1. The molecule has 0 aliphatic rings. The topological polar surface area (TPSA) is 56.7 Å². The van der Waals surface area contributed by atoms with E-state index < -0.39 is 0 Å². The van der Waals surface area contributed by atoms with E-state index in [0.717, 1.165) is 29.8 Å². The Morgan fingerprint density at radius 3 is 2.63 bits per heavy atom. The van der Waals surface area contributed by atoms with Gasteiger partial charge in [-0.25, -0.2) is 9.97 Å². The van der Waals surface area contributed by atoms with E-state index in [1.54, 1.807) is 0 Å². The highest BCUT2D eigenvalue weighted by Gasteiger charge is 2.09. The first kappa shape index (κ1) is 11.7. The minimum absolute atomic E-state index is 0.532. The molecule has 2 heterocycles. The van der Waals surface area contributed by atoms with E-state index >= 15 is 0 Å². The third-order valence-electron chi connectivity index (χ3n) is 3.23. The Kier molecular flexibility index (Phi) is 2.91. The minimum atomic E-state index is 0.532. The molecular formula is C15H16N4. The number of imidazole rings is 1. The van der Waals surface area contributed by atoms with Crippen LogP contribution in [0, 0.1) is 6.92 Å². The monoisotopic (exact) mass is 252 g/mol. The van der Waals surface area contributed by atoms with Crippen molar-refractivity contribution < 1.29 is 0 Å². The van der Waals surface area contributed by atoms with Gasteiger partial charge in [-0.2, -0.15) is 0 Å². The molecule has 2 aromatic heterocycles. The number of aromatic nitrogens is 3. The summed E-state index contributed by atoms with van der Waals surface area (Å²) in [5.74, 6) is 0.532. The average molecular weight is 252 g/mol. The molecule has 4 nitrogen and oxygen atoms in total. The Bertz CT molecular complexity index is 701. The first-order valence-electron chi connectivity index (χ1n) is 6.37. The lowest BCUT2D eigenvalue weighted by molar-refractivity contribution is 0.719. The van der Waals surface area contributed by atoms with Gasteiger partial charge in [0, 0.05) is 12.2 Å². The summed E-state index contributed by atoms with van der Waals surface area (Å²) in [4.78, 5) is 8.87. The molecule has 0 fully saturated rings. The molecule has 0 unspecified atom stereocenters. The largest absolute Gasteiger partial charge is 0.369 e. The van der Waals surface area contributed by atoms with Crippen molar-refractivity contribution in [3.8, 4) is 0 Å². The molecular weight excluding hydrogens is 236 g/mol. The highest BCUT2D eigenvalue weighted by molar-refractivity contribution is 5.74. The minimum Gasteiger partial charge on any atom is -0.369 e. The first-order chi connectivity index (χ1) is 9.24. The fourth-order valence-electron chi connectivity index (χ4n) is 2.22. The molecule has 0 saturated carbocycles. The van der Waals surface area contributed by atoms with Crippen molar-refractivity contribution in [2.75, 3.05) is 5.73 Å². The van der Waals surface area contributed by atoms with Gasteiger partial charge in [0.15, 0.2) is 5.65 Å². The first-order valence-corrected chi connectivity index (χ1v) is 6.37. The lowest BCUT2D eigenvalue weighted by atomic mass is 10.1. The van der Waals surface area contributed by atoms with Crippen LogP contribution in [0.2, 0.25) is 0 Å². The van der Waals surface area contributed by atoms with Crippen LogP contribution in [0.3, 0.4) is 0 Å². The van der Waals surface area contributed by atoms with E-state index in [9.17, 15) is 0 Å². The Hall–Kier alpha value is -2.36. The van der Waals surface area contributed by atoms with Crippen LogP contribution in [-0.4, -0.2) is 14.5 Å². The van der Waals surface area contributed by atoms with Gasteiger partial charge >= 0.3 is 0 Å². The molecule has 0 atom stereocenters. The molecule has 3 rings (SSSR count). The molecule has 96 valence electrons. The molecule has 0 bridgehead atoms. The number of nitrogens with zero attached hydrogens (tertiary/aromatic N) is 3. The van der Waals surface area contributed by atoms with Crippen molar-refractivity contribution in [3.63, 3.8) is 0 Å². The van der Waals surface area contributed by atoms with E-state index in [1.807, 2.05) is 41.8 Å². The van der Waals surface area contributed by atoms with Crippen molar-refractivity contribution in [2.45, 2.75) is 19.9 Å². The molecule has 4 heteroatoms. The summed E-state index contributed by atoms with van der Waals surface area (Å²) in [6.45, 7) is 2.77. The molecule has 0 radical (unpaired) electrons. The van der Waals surface area contributed by atoms with E-state index in [2.05, 4.69) is 22.1 Å². The van der Waals surface area contributed by atoms with Crippen LogP contribution in [0.15, 0.2) is 42.5 Å². The Morgan fingerprint density at radius 1 is 1.05 bits per heavy atom. The van der Waals surface area contributed by atoms with Crippen LogP contribution in [-0.2, 0) is 13.0 Å². The van der Waals surface area contributed by atoms with E-state index in [1.165, 1.54) is 5.56 Å². The van der Waals surface area contributed by atoms with E-state index in [-0.39, 0.29) is 0 Å². The summed E-state index contributed by atoms with van der Waals surface area (Å²) in [7, 11) is 0. The van der Waals surface area contributed by atoms with Gasteiger partial charge in [0.05, 0.1) is 0 Å². The second-order valence-corrected chi connectivity index (χ2v) is 4.65. The zero-order valence-corrected chi connectivity index (χ0v) is 10.9. The summed E-state index contributed by atoms with van der Waals surface area (Å²) in [6, 6.07) is 14.3. The number of rotatable bonds is 3. The molecule has 3 aromatic rings. The maximum Gasteiger partial charge on any atom is 0.202 e. The maximum atomic E-state index is 5.98. The third-order valence-corrected chi connectivity index (χ3v) is 3.23. The highest BCUT2D eigenvalue weighted by Crippen LogP contribution is 2.17. The Balaban J connectivity index is 1.92. The summed E-state index contributed by atoms with van der Waals surface area (Å²) in [6.07, 6.45) is 0.923. The van der Waals surface area contributed by atoms with Crippen molar-refractivity contribution in [1.29, 1.82) is 0 Å². The van der Waals surface area contributed by atoms with Crippen LogP contribution in [0.25, 0.3) is 11.2 Å². The van der Waals surface area contributed by atoms with Crippen LogP contribution in [0.1, 0.15) is 11.3 Å². The number of anilines is 1. The van der Waals surface area contributed by atoms with Gasteiger partial charge in [-0.3, -0.25) is 4.57 Å². The fraction of sp³-hybridized carbons (Fsp3) is 0.200. The fourth-order valence-corrected chi connectivity index (χ4v) is 2.22. The van der Waals surface area contributed by atoms with E-state index in [4.69, 9.17) is 5.73 Å². The predicted octanol–water partition coefficient (Wildman–Crippen LogP) is 2.56. The number of benzene rings is 1. The maximum absolute atomic E-state index is 5.98. The van der Waals surface area contributed by atoms with E-state index in [0.29, 0.717) is 5.95 Å².